The van der Waals surface area contributed by atoms with Crippen LogP contribution in [-0.4, -0.2) is 64.8 Å². The van der Waals surface area contributed by atoms with Crippen molar-refractivity contribution in [1.82, 2.24) is 20.3 Å². The molecular weight excluding hydrogens is 509 g/mol. The molecule has 0 amide bonds. The van der Waals surface area contributed by atoms with Crippen LogP contribution in [0.1, 0.15) is 37.6 Å². The molecule has 3 N–H and O–H groups in total. The lowest BCUT2D eigenvalue weighted by atomic mass is 9.88. The van der Waals surface area contributed by atoms with Crippen LogP contribution < -0.4 is 15.4 Å². The summed E-state index contributed by atoms with van der Waals surface area (Å²) in [6.07, 6.45) is 3.55. The van der Waals surface area contributed by atoms with Gasteiger partial charge in [-0.25, -0.2) is 13.1 Å². The molecule has 0 bridgehead atoms. The number of nitrogens with zero attached hydrogens (tertiary/aromatic N) is 2. The quantitative estimate of drug-likeness (QED) is 0.279. The zero-order chi connectivity index (χ0) is 20.1. The minimum atomic E-state index is -3.26. The van der Waals surface area contributed by atoms with Crippen molar-refractivity contribution in [3.63, 3.8) is 0 Å². The van der Waals surface area contributed by atoms with Crippen molar-refractivity contribution < 1.29 is 8.42 Å². The number of rotatable bonds is 7. The maximum atomic E-state index is 11.5. The first-order valence-corrected chi connectivity index (χ1v) is 12.1. The molecule has 0 saturated carbocycles. The third kappa shape index (κ3) is 8.13. The minimum absolute atomic E-state index is 0. The van der Waals surface area contributed by atoms with Crippen molar-refractivity contribution in [3.05, 3.63) is 22.4 Å². The van der Waals surface area contributed by atoms with E-state index in [2.05, 4.69) is 49.8 Å². The number of nitrogens with one attached hydrogen (secondary N) is 3. The molecule has 1 aliphatic rings. The van der Waals surface area contributed by atoms with Crippen LogP contribution in [0.15, 0.2) is 22.5 Å². The largest absolute Gasteiger partial charge is 0.356 e. The van der Waals surface area contributed by atoms with Gasteiger partial charge in [-0.05, 0) is 57.6 Å². The third-order valence-corrected chi connectivity index (χ3v) is 6.62. The van der Waals surface area contributed by atoms with E-state index in [0.717, 1.165) is 13.1 Å². The summed E-state index contributed by atoms with van der Waals surface area (Å²) < 4.78 is 25.6. The number of thiophene rings is 1. The highest BCUT2D eigenvalue weighted by Gasteiger charge is 2.31. The number of hydrogen-bond donors (Lipinski definition) is 3. The molecule has 0 aliphatic carbocycles. The SMILES string of the molecule is CN=C(NCC1CCCN(C)C1c1cccs1)NCC(C)(C)NS(C)(=O)=O.I. The Balaban J connectivity index is 0.00000392. The maximum Gasteiger partial charge on any atom is 0.209 e. The number of piperidine rings is 1. The van der Waals surface area contributed by atoms with Crippen LogP contribution in [-0.2, 0) is 10.0 Å². The van der Waals surface area contributed by atoms with Crippen LogP contribution in [0.3, 0.4) is 0 Å². The summed E-state index contributed by atoms with van der Waals surface area (Å²) in [7, 11) is 0.671. The predicted molar refractivity (Wildman–Crippen MR) is 129 cm³/mol. The van der Waals surface area contributed by atoms with Gasteiger partial charge in [0.1, 0.15) is 0 Å². The van der Waals surface area contributed by atoms with E-state index in [0.29, 0.717) is 24.5 Å². The van der Waals surface area contributed by atoms with E-state index in [1.54, 1.807) is 7.05 Å². The van der Waals surface area contributed by atoms with E-state index >= 15 is 0 Å². The van der Waals surface area contributed by atoms with Crippen molar-refractivity contribution in [2.75, 3.05) is 40.0 Å². The van der Waals surface area contributed by atoms with Gasteiger partial charge in [-0.1, -0.05) is 6.07 Å². The number of aliphatic imine (C=N–C) groups is 1. The molecule has 2 rings (SSSR count). The Hall–Kier alpha value is -0.430. The molecular formula is C18H34IN5O2S2. The molecule has 0 spiro atoms. The molecule has 7 nitrogen and oxygen atoms in total. The van der Waals surface area contributed by atoms with Gasteiger partial charge in [0.15, 0.2) is 5.96 Å². The van der Waals surface area contributed by atoms with E-state index in [-0.39, 0.29) is 24.0 Å². The third-order valence-electron chi connectivity index (χ3n) is 4.76. The number of hydrogen-bond acceptors (Lipinski definition) is 5. The molecule has 162 valence electrons. The molecule has 1 fully saturated rings. The Morgan fingerprint density at radius 1 is 1.39 bits per heavy atom. The Morgan fingerprint density at radius 2 is 2.11 bits per heavy atom. The monoisotopic (exact) mass is 543 g/mol. The summed E-state index contributed by atoms with van der Waals surface area (Å²) in [6, 6.07) is 4.76. The molecule has 0 aromatic carbocycles. The molecule has 2 heterocycles. The summed E-state index contributed by atoms with van der Waals surface area (Å²) in [5.74, 6) is 1.19. The highest BCUT2D eigenvalue weighted by molar-refractivity contribution is 14.0. The van der Waals surface area contributed by atoms with Crippen LogP contribution in [0.5, 0.6) is 0 Å². The highest BCUT2D eigenvalue weighted by Crippen LogP contribution is 2.36. The fraction of sp³-hybridized carbons (Fsp3) is 0.722. The van der Waals surface area contributed by atoms with Crippen LogP contribution in [0, 0.1) is 5.92 Å². The minimum Gasteiger partial charge on any atom is -0.356 e. The van der Waals surface area contributed by atoms with E-state index < -0.39 is 15.6 Å². The van der Waals surface area contributed by atoms with Crippen molar-refractivity contribution in [2.45, 2.75) is 38.3 Å². The lowest BCUT2D eigenvalue weighted by Gasteiger charge is -2.39. The lowest BCUT2D eigenvalue weighted by molar-refractivity contribution is 0.125. The second-order valence-corrected chi connectivity index (χ2v) is 10.6. The summed E-state index contributed by atoms with van der Waals surface area (Å²) in [6.45, 7) is 6.08. The second-order valence-electron chi connectivity index (χ2n) is 7.91. The standard InChI is InChI=1S/C18H33N5O2S2.HI/c1-18(2,22-27(5,24)25)13-21-17(19-3)20-12-14-8-6-10-23(4)16(14)15-9-7-11-26-15;/h7,9,11,14,16,22H,6,8,10,12-13H2,1-5H3,(H2,19,20,21);1H. The average molecular weight is 544 g/mol. The van der Waals surface area contributed by atoms with Gasteiger partial charge < -0.3 is 10.6 Å². The Kier molecular flexibility index (Phi) is 10.1. The molecule has 2 unspecified atom stereocenters. The van der Waals surface area contributed by atoms with E-state index in [9.17, 15) is 8.42 Å². The number of sulfonamides is 1. The first kappa shape index (κ1) is 25.6. The fourth-order valence-electron chi connectivity index (χ4n) is 3.67. The molecule has 1 aliphatic heterocycles. The lowest BCUT2D eigenvalue weighted by Crippen LogP contribution is -2.53. The second kappa shape index (κ2) is 11.1. The van der Waals surface area contributed by atoms with Crippen LogP contribution in [0.25, 0.3) is 0 Å². The highest BCUT2D eigenvalue weighted by atomic mass is 127. The van der Waals surface area contributed by atoms with Crippen LogP contribution in [0.4, 0.5) is 0 Å². The summed E-state index contributed by atoms with van der Waals surface area (Å²) in [5.41, 5.74) is -0.601. The number of guanidine groups is 1. The summed E-state index contributed by atoms with van der Waals surface area (Å²) in [4.78, 5) is 8.13. The van der Waals surface area contributed by atoms with Gasteiger partial charge >= 0.3 is 0 Å². The Bertz CT molecular complexity index is 722. The van der Waals surface area contributed by atoms with Crippen molar-refractivity contribution in [3.8, 4) is 0 Å². The zero-order valence-electron chi connectivity index (χ0n) is 17.4. The molecule has 10 heteroatoms. The molecule has 1 saturated heterocycles. The first-order chi connectivity index (χ1) is 12.6. The van der Waals surface area contributed by atoms with Crippen LogP contribution in [0.2, 0.25) is 0 Å². The number of halogens is 1. The normalized spacial score (nSPS) is 21.8. The van der Waals surface area contributed by atoms with Crippen molar-refractivity contribution in [2.24, 2.45) is 10.9 Å². The van der Waals surface area contributed by atoms with Gasteiger partial charge in [0.2, 0.25) is 10.0 Å². The summed E-state index contributed by atoms with van der Waals surface area (Å²) >= 11 is 1.82. The molecule has 2 atom stereocenters. The zero-order valence-corrected chi connectivity index (χ0v) is 21.3. The molecule has 28 heavy (non-hydrogen) atoms. The average Bonchev–Trinajstić information content (AvgIpc) is 3.06. The number of likely N-dealkylation sites (tertiary alicyclic amines) is 1. The van der Waals surface area contributed by atoms with E-state index in [1.165, 1.54) is 24.0 Å². The first-order valence-electron chi connectivity index (χ1n) is 9.28. The van der Waals surface area contributed by atoms with Gasteiger partial charge in [0, 0.05) is 36.6 Å². The fourth-order valence-corrected chi connectivity index (χ4v) is 5.73. The smallest absolute Gasteiger partial charge is 0.209 e. The topological polar surface area (TPSA) is 85.8 Å². The van der Waals surface area contributed by atoms with Gasteiger partial charge in [-0.3, -0.25) is 9.89 Å². The van der Waals surface area contributed by atoms with E-state index in [4.69, 9.17) is 0 Å². The van der Waals surface area contributed by atoms with Crippen molar-refractivity contribution in [1.29, 1.82) is 0 Å². The maximum absolute atomic E-state index is 11.5. The molecule has 1 aromatic heterocycles. The Labute approximate surface area is 190 Å². The summed E-state index contributed by atoms with van der Waals surface area (Å²) in [5, 5.41) is 8.80. The Morgan fingerprint density at radius 3 is 2.68 bits per heavy atom. The van der Waals surface area contributed by atoms with E-state index in [1.807, 2.05) is 25.2 Å². The van der Waals surface area contributed by atoms with Gasteiger partial charge in [0.25, 0.3) is 0 Å². The molecule has 1 aromatic rings. The molecule has 0 radical (unpaired) electrons. The van der Waals surface area contributed by atoms with Gasteiger partial charge in [-0.2, -0.15) is 0 Å². The van der Waals surface area contributed by atoms with Crippen LogP contribution >= 0.6 is 35.3 Å². The predicted octanol–water partition coefficient (Wildman–Crippen LogP) is 2.24. The van der Waals surface area contributed by atoms with Gasteiger partial charge in [-0.15, -0.1) is 35.3 Å². The van der Waals surface area contributed by atoms with Crippen molar-refractivity contribution >= 4 is 51.3 Å². The van der Waals surface area contributed by atoms with Gasteiger partial charge in [0.05, 0.1) is 6.26 Å².